The number of dihydropyridines is 1. The zero-order chi connectivity index (χ0) is 26.5. The highest BCUT2D eigenvalue weighted by molar-refractivity contribution is 5.99. The number of methoxy groups -OCH3 is 1. The predicted octanol–water partition coefficient (Wildman–Crippen LogP) is 4.18. The molecule has 0 amide bonds. The van der Waals surface area contributed by atoms with E-state index in [0.29, 0.717) is 13.1 Å². The number of aromatic nitrogens is 1. The molecule has 2 aromatic rings. The lowest BCUT2D eigenvalue weighted by atomic mass is 9.81. The minimum atomic E-state index is -4.76. The van der Waals surface area contributed by atoms with Crippen LogP contribution in [0.4, 0.5) is 13.2 Å². The summed E-state index contributed by atoms with van der Waals surface area (Å²) in [5.41, 5.74) is -0.171. The van der Waals surface area contributed by atoms with Gasteiger partial charge in [0, 0.05) is 30.7 Å². The first kappa shape index (κ1) is 26.9. The zero-order valence-corrected chi connectivity index (χ0v) is 20.5. The van der Waals surface area contributed by atoms with Gasteiger partial charge in [-0.1, -0.05) is 30.3 Å². The van der Waals surface area contributed by atoms with Gasteiger partial charge in [0.25, 0.3) is 0 Å². The smallest absolute Gasteiger partial charge is 0.418 e. The molecule has 0 aliphatic carbocycles. The molecule has 0 fully saturated rings. The highest BCUT2D eigenvalue weighted by atomic mass is 19.4. The maximum absolute atomic E-state index is 13.9. The Balaban J connectivity index is 1.90. The summed E-state index contributed by atoms with van der Waals surface area (Å²) in [5.74, 6) is -3.14. The lowest BCUT2D eigenvalue weighted by molar-refractivity contribution is -0.142. The normalized spacial score (nSPS) is 16.2. The van der Waals surface area contributed by atoms with Gasteiger partial charge in [0.15, 0.2) is 0 Å². The molecule has 0 spiro atoms. The minimum Gasteiger partial charge on any atom is -0.466 e. The molecule has 1 N–H and O–H groups in total. The number of hydrogen-bond donors (Lipinski definition) is 1. The monoisotopic (exact) mass is 503 g/mol. The summed E-state index contributed by atoms with van der Waals surface area (Å²) in [5, 5.41) is 2.90. The van der Waals surface area contributed by atoms with E-state index in [0.717, 1.165) is 24.8 Å². The van der Waals surface area contributed by atoms with E-state index in [1.165, 1.54) is 13.1 Å². The van der Waals surface area contributed by atoms with E-state index in [9.17, 15) is 22.8 Å². The molecular weight excluding hydrogens is 475 g/mol. The Morgan fingerprint density at radius 1 is 1.03 bits per heavy atom. The second kappa shape index (κ2) is 11.4. The molecule has 1 aromatic heterocycles. The molecule has 0 radical (unpaired) electrons. The van der Waals surface area contributed by atoms with Crippen molar-refractivity contribution in [3.63, 3.8) is 0 Å². The van der Waals surface area contributed by atoms with Gasteiger partial charge in [-0.2, -0.15) is 13.2 Å². The third kappa shape index (κ3) is 6.12. The van der Waals surface area contributed by atoms with Gasteiger partial charge in [0.1, 0.15) is 6.61 Å². The third-order valence-electron chi connectivity index (χ3n) is 5.80. The first-order valence-electron chi connectivity index (χ1n) is 11.2. The van der Waals surface area contributed by atoms with E-state index in [-0.39, 0.29) is 29.1 Å². The molecule has 192 valence electrons. The lowest BCUT2D eigenvalue weighted by Gasteiger charge is -2.31. The van der Waals surface area contributed by atoms with E-state index in [4.69, 9.17) is 9.47 Å². The van der Waals surface area contributed by atoms with Crippen molar-refractivity contribution in [2.24, 2.45) is 0 Å². The Morgan fingerprint density at radius 3 is 2.28 bits per heavy atom. The van der Waals surface area contributed by atoms with Gasteiger partial charge in [0.05, 0.1) is 35.4 Å². The SMILES string of the molecule is COC(=O)C1=C(C)NC(C)=C(C(=O)OCCN(C)Cc2ccccc2)C1c1ncccc1C(F)(F)F. The van der Waals surface area contributed by atoms with E-state index in [1.807, 2.05) is 42.3 Å². The molecule has 1 aromatic carbocycles. The summed E-state index contributed by atoms with van der Waals surface area (Å²) in [6.45, 7) is 4.08. The number of hydrogen-bond acceptors (Lipinski definition) is 7. The average Bonchev–Trinajstić information content (AvgIpc) is 2.83. The van der Waals surface area contributed by atoms with Crippen molar-refractivity contribution in [1.29, 1.82) is 0 Å². The molecule has 1 atom stereocenters. The van der Waals surface area contributed by atoms with Crippen LogP contribution in [-0.2, 0) is 31.8 Å². The van der Waals surface area contributed by atoms with Crippen molar-refractivity contribution in [3.8, 4) is 0 Å². The van der Waals surface area contributed by atoms with E-state index in [2.05, 4.69) is 10.3 Å². The number of benzene rings is 1. The van der Waals surface area contributed by atoms with Crippen LogP contribution >= 0.6 is 0 Å². The van der Waals surface area contributed by atoms with Crippen LogP contribution in [0.1, 0.15) is 36.6 Å². The number of allylic oxidation sites excluding steroid dienone is 2. The van der Waals surface area contributed by atoms with Gasteiger partial charge < -0.3 is 14.8 Å². The van der Waals surface area contributed by atoms with E-state index < -0.39 is 35.3 Å². The van der Waals surface area contributed by atoms with Crippen LogP contribution in [0, 0.1) is 0 Å². The third-order valence-corrected chi connectivity index (χ3v) is 5.80. The molecule has 0 bridgehead atoms. The number of pyridine rings is 1. The molecular formula is C26H28F3N3O4. The Kier molecular flexibility index (Phi) is 8.52. The van der Waals surface area contributed by atoms with Crippen molar-refractivity contribution in [1.82, 2.24) is 15.2 Å². The Hall–Kier alpha value is -3.66. The standard InChI is InChI=1S/C26H28F3N3O4/c1-16-20(24(33)35-4)22(23-19(26(27,28)29)11-8-12-30-23)21(17(2)31-16)25(34)36-14-13-32(3)15-18-9-6-5-7-10-18/h5-12,22,31H,13-15H2,1-4H3. The Labute approximate surface area is 207 Å². The molecule has 3 rings (SSSR count). The molecule has 1 aliphatic rings. The van der Waals surface area contributed by atoms with Gasteiger partial charge in [-0.25, -0.2) is 9.59 Å². The first-order valence-corrected chi connectivity index (χ1v) is 11.2. The summed E-state index contributed by atoms with van der Waals surface area (Å²) >= 11 is 0. The number of rotatable bonds is 8. The van der Waals surface area contributed by atoms with Crippen molar-refractivity contribution in [3.05, 3.63) is 88.0 Å². The van der Waals surface area contributed by atoms with Crippen molar-refractivity contribution in [2.45, 2.75) is 32.5 Å². The summed E-state index contributed by atoms with van der Waals surface area (Å²) in [7, 11) is 2.98. The van der Waals surface area contributed by atoms with Crippen LogP contribution in [0.2, 0.25) is 0 Å². The molecule has 1 unspecified atom stereocenters. The fourth-order valence-corrected chi connectivity index (χ4v) is 4.15. The fourth-order valence-electron chi connectivity index (χ4n) is 4.15. The second-order valence-electron chi connectivity index (χ2n) is 8.42. The predicted molar refractivity (Wildman–Crippen MR) is 126 cm³/mol. The minimum absolute atomic E-state index is 0.00370. The number of alkyl halides is 3. The number of carbonyl (C=O) groups is 2. The van der Waals surface area contributed by atoms with Crippen molar-refractivity contribution in [2.75, 3.05) is 27.3 Å². The quantitative estimate of drug-likeness (QED) is 0.542. The molecule has 2 heterocycles. The molecule has 7 nitrogen and oxygen atoms in total. The van der Waals surface area contributed by atoms with Gasteiger partial charge in [-0.05, 0) is 38.6 Å². The fraction of sp³-hybridized carbons (Fsp3) is 0.346. The number of esters is 2. The highest BCUT2D eigenvalue weighted by Gasteiger charge is 2.44. The first-order chi connectivity index (χ1) is 17.0. The van der Waals surface area contributed by atoms with Crippen LogP contribution in [0.3, 0.4) is 0 Å². The van der Waals surface area contributed by atoms with E-state index >= 15 is 0 Å². The topological polar surface area (TPSA) is 80.8 Å². The number of nitrogens with one attached hydrogen (secondary N) is 1. The van der Waals surface area contributed by atoms with Gasteiger partial charge in [-0.3, -0.25) is 9.88 Å². The number of carbonyl (C=O) groups excluding carboxylic acids is 2. The zero-order valence-electron chi connectivity index (χ0n) is 20.5. The molecule has 0 saturated carbocycles. The van der Waals surface area contributed by atoms with Crippen LogP contribution in [0.15, 0.2) is 71.2 Å². The highest BCUT2D eigenvalue weighted by Crippen LogP contribution is 2.43. The molecule has 1 aliphatic heterocycles. The largest absolute Gasteiger partial charge is 0.466 e. The Morgan fingerprint density at radius 2 is 1.67 bits per heavy atom. The van der Waals surface area contributed by atoms with Gasteiger partial charge in [-0.15, -0.1) is 0 Å². The average molecular weight is 504 g/mol. The number of ether oxygens (including phenoxy) is 2. The molecule has 10 heteroatoms. The van der Waals surface area contributed by atoms with E-state index in [1.54, 1.807) is 6.92 Å². The van der Waals surface area contributed by atoms with Gasteiger partial charge >= 0.3 is 18.1 Å². The molecule has 36 heavy (non-hydrogen) atoms. The second-order valence-corrected chi connectivity index (χ2v) is 8.42. The Bertz CT molecular complexity index is 1180. The lowest BCUT2D eigenvalue weighted by Crippen LogP contribution is -2.34. The maximum Gasteiger partial charge on any atom is 0.418 e. The number of halogens is 3. The van der Waals surface area contributed by atoms with Crippen molar-refractivity contribution >= 4 is 11.9 Å². The van der Waals surface area contributed by atoms with Crippen LogP contribution in [0.5, 0.6) is 0 Å². The molecule has 0 saturated heterocycles. The van der Waals surface area contributed by atoms with Gasteiger partial charge in [0.2, 0.25) is 0 Å². The summed E-state index contributed by atoms with van der Waals surface area (Å²) in [4.78, 5) is 31.8. The summed E-state index contributed by atoms with van der Waals surface area (Å²) < 4.78 is 52.0. The van der Waals surface area contributed by atoms with Crippen LogP contribution in [-0.4, -0.2) is 49.1 Å². The summed E-state index contributed by atoms with van der Waals surface area (Å²) in [6.07, 6.45) is -3.57. The van der Waals surface area contributed by atoms with Crippen LogP contribution in [0.25, 0.3) is 0 Å². The number of nitrogens with zero attached hydrogens (tertiary/aromatic N) is 2. The van der Waals surface area contributed by atoms with Crippen LogP contribution < -0.4 is 5.32 Å². The summed E-state index contributed by atoms with van der Waals surface area (Å²) in [6, 6.07) is 11.7. The number of likely N-dealkylation sites (N-methyl/N-ethyl adjacent to an activating group) is 1. The maximum atomic E-state index is 13.9. The van der Waals surface area contributed by atoms with Crippen molar-refractivity contribution < 1.29 is 32.2 Å².